The molecule has 0 N–H and O–H groups in total. The van der Waals surface area contributed by atoms with Crippen molar-refractivity contribution in [3.8, 4) is 22.8 Å². The van der Waals surface area contributed by atoms with Crippen LogP contribution in [0.5, 0.6) is 5.75 Å². The van der Waals surface area contributed by atoms with E-state index in [1.54, 1.807) is 36.2 Å². The van der Waals surface area contributed by atoms with Gasteiger partial charge in [0.2, 0.25) is 0 Å². The van der Waals surface area contributed by atoms with E-state index in [-0.39, 0.29) is 0 Å². The summed E-state index contributed by atoms with van der Waals surface area (Å²) in [6, 6.07) is 15.6. The average Bonchev–Trinajstić information content (AvgIpc) is 3.26. The van der Waals surface area contributed by atoms with Crippen LogP contribution in [0.15, 0.2) is 66.1 Å². The van der Waals surface area contributed by atoms with E-state index in [1.807, 2.05) is 18.3 Å². The third-order valence-corrected chi connectivity index (χ3v) is 6.63. The van der Waals surface area contributed by atoms with Crippen LogP contribution in [0.4, 0.5) is 0 Å². The van der Waals surface area contributed by atoms with Crippen molar-refractivity contribution >= 4 is 35.0 Å². The molecule has 0 aliphatic heterocycles. The van der Waals surface area contributed by atoms with Crippen molar-refractivity contribution in [1.29, 1.82) is 0 Å². The lowest BCUT2D eigenvalue weighted by Gasteiger charge is -2.18. The van der Waals surface area contributed by atoms with Gasteiger partial charge in [-0.1, -0.05) is 67.0 Å². The molecule has 0 bridgehead atoms. The summed E-state index contributed by atoms with van der Waals surface area (Å²) in [5.74, 6) is 2.08. The van der Waals surface area contributed by atoms with E-state index in [1.165, 1.54) is 11.1 Å². The number of halogens is 2. The Bertz CT molecular complexity index is 1210. The van der Waals surface area contributed by atoms with E-state index in [9.17, 15) is 0 Å². The molecule has 8 heteroatoms. The summed E-state index contributed by atoms with van der Waals surface area (Å²) >= 11 is 13.8. The average molecular weight is 499 g/mol. The number of aromatic nitrogens is 4. The highest BCUT2D eigenvalue weighted by Crippen LogP contribution is 2.32. The summed E-state index contributed by atoms with van der Waals surface area (Å²) in [4.78, 5) is 4.28. The highest BCUT2D eigenvalue weighted by atomic mass is 35.5. The molecule has 2 heterocycles. The van der Waals surface area contributed by atoms with Crippen LogP contribution < -0.4 is 4.74 Å². The number of para-hydroxylation sites is 1. The molecule has 4 aromatic rings. The third-order valence-electron chi connectivity index (χ3n) is 5.21. The Balaban J connectivity index is 1.65. The standard InChI is InChI=1S/C25H24Cl2N4OS/c1-3-17-7-5-8-18(4-2)23(17)31-24(19-9-6-12-28-16-19)29-30-25(31)33-14-13-32-22-11-10-20(26)15-21(22)27/h5-12,15-16H,3-4,13-14H2,1-2H3. The molecule has 0 amide bonds. The van der Waals surface area contributed by atoms with Gasteiger partial charge in [-0.05, 0) is 54.3 Å². The van der Waals surface area contributed by atoms with Gasteiger partial charge in [0.25, 0.3) is 0 Å². The first kappa shape index (κ1) is 23.6. The zero-order valence-corrected chi connectivity index (χ0v) is 20.8. The topological polar surface area (TPSA) is 52.8 Å². The van der Waals surface area contributed by atoms with Crippen LogP contribution in [0.2, 0.25) is 10.0 Å². The number of thioether (sulfide) groups is 1. The fourth-order valence-electron chi connectivity index (χ4n) is 3.63. The van der Waals surface area contributed by atoms with Crippen molar-refractivity contribution in [2.75, 3.05) is 12.4 Å². The van der Waals surface area contributed by atoms with Crippen molar-refractivity contribution in [3.05, 3.63) is 82.1 Å². The number of pyridine rings is 1. The monoisotopic (exact) mass is 498 g/mol. The van der Waals surface area contributed by atoms with Gasteiger partial charge in [0.15, 0.2) is 11.0 Å². The van der Waals surface area contributed by atoms with E-state index < -0.39 is 0 Å². The van der Waals surface area contributed by atoms with E-state index in [0.717, 1.165) is 35.1 Å². The molecule has 4 rings (SSSR count). The smallest absolute Gasteiger partial charge is 0.196 e. The molecular formula is C25H24Cl2N4OS. The third kappa shape index (κ3) is 5.35. The van der Waals surface area contributed by atoms with Gasteiger partial charge in [0.05, 0.1) is 17.3 Å². The highest BCUT2D eigenvalue weighted by Gasteiger charge is 2.20. The number of hydrogen-bond acceptors (Lipinski definition) is 5. The lowest BCUT2D eigenvalue weighted by Crippen LogP contribution is -2.08. The molecule has 5 nitrogen and oxygen atoms in total. The van der Waals surface area contributed by atoms with Crippen LogP contribution in [-0.4, -0.2) is 32.1 Å². The molecule has 0 unspecified atom stereocenters. The Hall–Kier alpha value is -2.54. The molecule has 0 fully saturated rings. The van der Waals surface area contributed by atoms with Crippen LogP contribution in [0.1, 0.15) is 25.0 Å². The van der Waals surface area contributed by atoms with Gasteiger partial charge in [-0.3, -0.25) is 9.55 Å². The summed E-state index contributed by atoms with van der Waals surface area (Å²) in [7, 11) is 0. The molecule has 170 valence electrons. The second kappa shape index (κ2) is 11.1. The maximum atomic E-state index is 6.22. The fraction of sp³-hybridized carbons (Fsp3) is 0.240. The summed E-state index contributed by atoms with van der Waals surface area (Å²) in [5, 5.41) is 11.0. The molecule has 0 aliphatic rings. The number of rotatable bonds is 9. The van der Waals surface area contributed by atoms with Crippen LogP contribution in [0, 0.1) is 0 Å². The molecular weight excluding hydrogens is 475 g/mol. The van der Waals surface area contributed by atoms with E-state index in [2.05, 4.69) is 51.8 Å². The van der Waals surface area contributed by atoms with E-state index >= 15 is 0 Å². The van der Waals surface area contributed by atoms with E-state index in [0.29, 0.717) is 28.2 Å². The first-order valence-corrected chi connectivity index (χ1v) is 12.5. The number of aryl methyl sites for hydroxylation is 2. The van der Waals surface area contributed by atoms with E-state index in [4.69, 9.17) is 27.9 Å². The second-order valence-electron chi connectivity index (χ2n) is 7.29. The number of ether oxygens (including phenoxy) is 1. The SMILES string of the molecule is CCc1cccc(CC)c1-n1c(SCCOc2ccc(Cl)cc2Cl)nnc1-c1cccnc1. The molecule has 0 saturated heterocycles. The normalized spacial score (nSPS) is 11.0. The van der Waals surface area contributed by atoms with Crippen LogP contribution in [0.25, 0.3) is 17.1 Å². The van der Waals surface area contributed by atoms with Crippen molar-refractivity contribution in [1.82, 2.24) is 19.7 Å². The predicted octanol–water partition coefficient (Wildman–Crippen LogP) is 6.93. The van der Waals surface area contributed by atoms with Crippen molar-refractivity contribution < 1.29 is 4.74 Å². The van der Waals surface area contributed by atoms with Crippen molar-refractivity contribution in [2.24, 2.45) is 0 Å². The lowest BCUT2D eigenvalue weighted by atomic mass is 10.0. The van der Waals surface area contributed by atoms with Gasteiger partial charge in [0.1, 0.15) is 5.75 Å². The maximum Gasteiger partial charge on any atom is 0.196 e. The zero-order chi connectivity index (χ0) is 23.2. The molecule has 2 aromatic heterocycles. The summed E-state index contributed by atoms with van der Waals surface area (Å²) in [6.07, 6.45) is 5.41. The molecule has 0 saturated carbocycles. The van der Waals surface area contributed by atoms with Gasteiger partial charge in [-0.15, -0.1) is 10.2 Å². The van der Waals surface area contributed by atoms with Crippen LogP contribution in [-0.2, 0) is 12.8 Å². The first-order valence-electron chi connectivity index (χ1n) is 10.8. The maximum absolute atomic E-state index is 6.22. The number of benzene rings is 2. The van der Waals surface area contributed by atoms with Crippen LogP contribution in [0.3, 0.4) is 0 Å². The molecule has 0 radical (unpaired) electrons. The first-order chi connectivity index (χ1) is 16.1. The van der Waals surface area contributed by atoms with Gasteiger partial charge < -0.3 is 4.74 Å². The van der Waals surface area contributed by atoms with Gasteiger partial charge in [0, 0.05) is 28.7 Å². The molecule has 0 aliphatic carbocycles. The molecule has 0 atom stereocenters. The Labute approximate surface area is 208 Å². The predicted molar refractivity (Wildman–Crippen MR) is 136 cm³/mol. The largest absolute Gasteiger partial charge is 0.491 e. The van der Waals surface area contributed by atoms with Crippen LogP contribution >= 0.6 is 35.0 Å². The Morgan fingerprint density at radius 3 is 2.42 bits per heavy atom. The zero-order valence-electron chi connectivity index (χ0n) is 18.5. The Morgan fingerprint density at radius 1 is 0.970 bits per heavy atom. The Morgan fingerprint density at radius 2 is 1.76 bits per heavy atom. The van der Waals surface area contributed by atoms with Gasteiger partial charge in [-0.25, -0.2) is 0 Å². The summed E-state index contributed by atoms with van der Waals surface area (Å²) < 4.78 is 8.02. The van der Waals surface area contributed by atoms with Crippen molar-refractivity contribution in [2.45, 2.75) is 31.8 Å². The molecule has 0 spiro atoms. The van der Waals surface area contributed by atoms with Gasteiger partial charge in [-0.2, -0.15) is 0 Å². The fourth-order valence-corrected chi connectivity index (χ4v) is 4.84. The Kier molecular flexibility index (Phi) is 7.91. The molecule has 33 heavy (non-hydrogen) atoms. The molecule has 2 aromatic carbocycles. The summed E-state index contributed by atoms with van der Waals surface area (Å²) in [5.41, 5.74) is 4.58. The van der Waals surface area contributed by atoms with Crippen molar-refractivity contribution in [3.63, 3.8) is 0 Å². The minimum absolute atomic E-state index is 0.469. The van der Waals surface area contributed by atoms with Gasteiger partial charge >= 0.3 is 0 Å². The highest BCUT2D eigenvalue weighted by molar-refractivity contribution is 7.99. The lowest BCUT2D eigenvalue weighted by molar-refractivity contribution is 0.344. The second-order valence-corrected chi connectivity index (χ2v) is 9.19. The number of nitrogens with zero attached hydrogens (tertiary/aromatic N) is 4. The minimum atomic E-state index is 0.469. The minimum Gasteiger partial charge on any atom is -0.491 e. The summed E-state index contributed by atoms with van der Waals surface area (Å²) in [6.45, 7) is 4.81. The quantitative estimate of drug-likeness (QED) is 0.185. The number of hydrogen-bond donors (Lipinski definition) is 0.